The van der Waals surface area contributed by atoms with Gasteiger partial charge in [0.15, 0.2) is 0 Å². The van der Waals surface area contributed by atoms with Crippen LogP contribution in [0.5, 0.6) is 0 Å². The fourth-order valence-corrected chi connectivity index (χ4v) is 10.9. The number of carbonyl (C=O) groups excluding carboxylic acids is 2. The van der Waals surface area contributed by atoms with E-state index in [0.717, 1.165) is 44.9 Å². The molecule has 2 unspecified atom stereocenters. The summed E-state index contributed by atoms with van der Waals surface area (Å²) in [5.41, 5.74) is 0. The summed E-state index contributed by atoms with van der Waals surface area (Å²) in [4.78, 5) is 24.6. The standard InChI is InChI=1S/C70H135NO5/c1-3-5-7-9-11-13-15-17-19-20-21-22-23-24-26-29-32-35-38-42-46-50-54-58-62-68(73)67(66-72)71-69(74)63-59-55-51-47-43-39-36-33-30-27-25-28-31-34-37-41-45-49-53-57-61-65-76-70(75)64-60-56-52-48-44-40-18-16-14-12-10-8-6-4-2/h16,18,27,30,67-68,72-73H,3-15,17,19-26,28-29,31-66H2,1-2H3,(H,71,74)/b18-16-,30-27-. The van der Waals surface area contributed by atoms with Gasteiger partial charge >= 0.3 is 5.97 Å². The van der Waals surface area contributed by atoms with E-state index in [9.17, 15) is 19.8 Å². The van der Waals surface area contributed by atoms with Crippen molar-refractivity contribution < 1.29 is 24.5 Å². The predicted octanol–water partition coefficient (Wildman–Crippen LogP) is 22.1. The highest BCUT2D eigenvalue weighted by Gasteiger charge is 2.20. The van der Waals surface area contributed by atoms with Gasteiger partial charge in [-0.05, 0) is 77.0 Å². The van der Waals surface area contributed by atoms with Crippen molar-refractivity contribution in [2.45, 2.75) is 398 Å². The Labute approximate surface area is 475 Å². The zero-order valence-corrected chi connectivity index (χ0v) is 51.5. The molecule has 0 aliphatic heterocycles. The highest BCUT2D eigenvalue weighted by Crippen LogP contribution is 2.19. The highest BCUT2D eigenvalue weighted by molar-refractivity contribution is 5.76. The second-order valence-corrected chi connectivity index (χ2v) is 23.9. The number of unbranched alkanes of at least 4 members (excludes halogenated alkanes) is 50. The number of amides is 1. The summed E-state index contributed by atoms with van der Waals surface area (Å²) in [6, 6.07) is -0.549. The molecule has 6 heteroatoms. The van der Waals surface area contributed by atoms with Crippen molar-refractivity contribution in [3.8, 4) is 0 Å². The van der Waals surface area contributed by atoms with Gasteiger partial charge in [0.2, 0.25) is 5.91 Å². The highest BCUT2D eigenvalue weighted by atomic mass is 16.5. The summed E-state index contributed by atoms with van der Waals surface area (Å²) in [5, 5.41) is 23.4. The summed E-state index contributed by atoms with van der Waals surface area (Å²) in [6.07, 6.45) is 82.1. The zero-order valence-electron chi connectivity index (χ0n) is 51.5. The number of carbonyl (C=O) groups is 2. The Morgan fingerprint density at radius 3 is 0.934 bits per heavy atom. The van der Waals surface area contributed by atoms with E-state index in [1.165, 1.54) is 308 Å². The minimum atomic E-state index is -0.671. The number of allylic oxidation sites excluding steroid dienone is 4. The number of aliphatic hydroxyl groups is 2. The van der Waals surface area contributed by atoms with Crippen molar-refractivity contribution >= 4 is 11.9 Å². The molecule has 0 bridgehead atoms. The van der Waals surface area contributed by atoms with E-state index in [-0.39, 0.29) is 18.5 Å². The van der Waals surface area contributed by atoms with Crippen molar-refractivity contribution in [2.24, 2.45) is 0 Å². The molecule has 0 aromatic heterocycles. The molecular weight excluding hydrogens is 935 g/mol. The summed E-state index contributed by atoms with van der Waals surface area (Å²) in [6.45, 7) is 4.97. The summed E-state index contributed by atoms with van der Waals surface area (Å²) in [5.74, 6) is -0.0378. The lowest BCUT2D eigenvalue weighted by molar-refractivity contribution is -0.143. The average Bonchev–Trinajstić information content (AvgIpc) is 3.42. The lowest BCUT2D eigenvalue weighted by Crippen LogP contribution is -2.45. The van der Waals surface area contributed by atoms with Gasteiger partial charge in [-0.25, -0.2) is 0 Å². The van der Waals surface area contributed by atoms with Crippen LogP contribution in [0.2, 0.25) is 0 Å². The molecule has 2 atom stereocenters. The van der Waals surface area contributed by atoms with Crippen LogP contribution in [0.1, 0.15) is 386 Å². The van der Waals surface area contributed by atoms with Crippen LogP contribution in [0.25, 0.3) is 0 Å². The van der Waals surface area contributed by atoms with E-state index in [0.29, 0.717) is 25.9 Å². The molecule has 3 N–H and O–H groups in total. The molecule has 450 valence electrons. The number of nitrogens with one attached hydrogen (secondary N) is 1. The van der Waals surface area contributed by atoms with Gasteiger partial charge in [-0.1, -0.05) is 321 Å². The van der Waals surface area contributed by atoms with E-state index < -0.39 is 12.1 Å². The third-order valence-corrected chi connectivity index (χ3v) is 16.2. The first-order valence-corrected chi connectivity index (χ1v) is 34.6. The van der Waals surface area contributed by atoms with Gasteiger partial charge in [0.1, 0.15) is 0 Å². The van der Waals surface area contributed by atoms with Crippen LogP contribution in [0.4, 0.5) is 0 Å². The normalized spacial score (nSPS) is 12.6. The number of hydrogen-bond donors (Lipinski definition) is 3. The Balaban J connectivity index is 3.42. The molecule has 0 spiro atoms. The quantitative estimate of drug-likeness (QED) is 0.0320. The number of ether oxygens (including phenoxy) is 1. The van der Waals surface area contributed by atoms with E-state index in [4.69, 9.17) is 4.74 Å². The molecule has 0 radical (unpaired) electrons. The molecule has 0 aromatic carbocycles. The maximum absolute atomic E-state index is 12.5. The van der Waals surface area contributed by atoms with Crippen LogP contribution in [-0.4, -0.2) is 47.4 Å². The van der Waals surface area contributed by atoms with Crippen LogP contribution in [0.3, 0.4) is 0 Å². The first-order valence-electron chi connectivity index (χ1n) is 34.6. The number of aliphatic hydroxyl groups excluding tert-OH is 2. The number of rotatable bonds is 65. The molecule has 0 fully saturated rings. The van der Waals surface area contributed by atoms with Crippen LogP contribution >= 0.6 is 0 Å². The molecule has 0 saturated heterocycles. The van der Waals surface area contributed by atoms with E-state index in [1.807, 2.05) is 0 Å². The lowest BCUT2D eigenvalue weighted by atomic mass is 10.0. The molecule has 0 heterocycles. The molecule has 0 aromatic rings. The van der Waals surface area contributed by atoms with Gasteiger partial charge in [0.05, 0.1) is 25.4 Å². The molecule has 6 nitrogen and oxygen atoms in total. The fourth-order valence-electron chi connectivity index (χ4n) is 10.9. The Morgan fingerprint density at radius 1 is 0.355 bits per heavy atom. The van der Waals surface area contributed by atoms with Gasteiger partial charge in [-0.2, -0.15) is 0 Å². The summed E-state index contributed by atoms with van der Waals surface area (Å²) in [7, 11) is 0. The van der Waals surface area contributed by atoms with Crippen molar-refractivity contribution in [2.75, 3.05) is 13.2 Å². The second kappa shape index (κ2) is 65.9. The van der Waals surface area contributed by atoms with Crippen molar-refractivity contribution in [3.63, 3.8) is 0 Å². The second-order valence-electron chi connectivity index (χ2n) is 23.9. The third kappa shape index (κ3) is 61.6. The van der Waals surface area contributed by atoms with Crippen LogP contribution in [0.15, 0.2) is 24.3 Å². The van der Waals surface area contributed by atoms with Crippen LogP contribution in [0, 0.1) is 0 Å². The minimum Gasteiger partial charge on any atom is -0.466 e. The first-order chi connectivity index (χ1) is 37.5. The van der Waals surface area contributed by atoms with Gasteiger partial charge in [-0.3, -0.25) is 9.59 Å². The zero-order chi connectivity index (χ0) is 55.0. The van der Waals surface area contributed by atoms with Gasteiger partial charge < -0.3 is 20.3 Å². The van der Waals surface area contributed by atoms with Crippen LogP contribution < -0.4 is 5.32 Å². The molecule has 76 heavy (non-hydrogen) atoms. The SMILES string of the molecule is CCCCCCC/C=C\CCCCCCCC(=O)OCCCCCCCCCCCC/C=C\CCCCCCCCCC(=O)NC(CO)C(O)CCCCCCCCCCCCCCCCCCCCCCCCCC. The van der Waals surface area contributed by atoms with Crippen molar-refractivity contribution in [1.82, 2.24) is 5.32 Å². The Bertz CT molecular complexity index is 1190. The van der Waals surface area contributed by atoms with Crippen molar-refractivity contribution in [3.05, 3.63) is 24.3 Å². The third-order valence-electron chi connectivity index (χ3n) is 16.2. The molecule has 0 saturated carbocycles. The molecule has 0 aliphatic rings. The first kappa shape index (κ1) is 74.3. The Kier molecular flexibility index (Phi) is 64.4. The fraction of sp³-hybridized carbons (Fsp3) is 0.914. The van der Waals surface area contributed by atoms with E-state index in [2.05, 4.69) is 43.5 Å². The van der Waals surface area contributed by atoms with Gasteiger partial charge in [0.25, 0.3) is 0 Å². The number of esters is 1. The minimum absolute atomic E-state index is 0.000589. The molecule has 1 amide bonds. The predicted molar refractivity (Wildman–Crippen MR) is 333 cm³/mol. The summed E-state index contributed by atoms with van der Waals surface area (Å²) < 4.78 is 5.48. The van der Waals surface area contributed by atoms with Gasteiger partial charge in [-0.15, -0.1) is 0 Å². The maximum atomic E-state index is 12.5. The van der Waals surface area contributed by atoms with E-state index in [1.54, 1.807) is 0 Å². The smallest absolute Gasteiger partial charge is 0.305 e. The lowest BCUT2D eigenvalue weighted by Gasteiger charge is -2.22. The average molecular weight is 1070 g/mol. The maximum Gasteiger partial charge on any atom is 0.305 e. The van der Waals surface area contributed by atoms with Gasteiger partial charge in [0, 0.05) is 12.8 Å². The van der Waals surface area contributed by atoms with Crippen molar-refractivity contribution in [1.29, 1.82) is 0 Å². The largest absolute Gasteiger partial charge is 0.466 e. The molecule has 0 aliphatic carbocycles. The monoisotopic (exact) mass is 1070 g/mol. The number of hydrogen-bond acceptors (Lipinski definition) is 5. The topological polar surface area (TPSA) is 95.9 Å². The Hall–Kier alpha value is -1.66. The molecular formula is C70H135NO5. The summed E-state index contributed by atoms with van der Waals surface area (Å²) >= 11 is 0. The Morgan fingerprint density at radius 2 is 0.618 bits per heavy atom. The molecule has 0 rings (SSSR count). The van der Waals surface area contributed by atoms with E-state index >= 15 is 0 Å². The van der Waals surface area contributed by atoms with Crippen LogP contribution in [-0.2, 0) is 14.3 Å².